The lowest BCUT2D eigenvalue weighted by Gasteiger charge is -2.33. The molecule has 2 aliphatic rings. The monoisotopic (exact) mass is 287 g/mol. The lowest BCUT2D eigenvalue weighted by Crippen LogP contribution is -2.41. The van der Waals surface area contributed by atoms with Gasteiger partial charge in [0.05, 0.1) is 0 Å². The number of benzene rings is 1. The molecule has 3 heteroatoms. The molecule has 0 aromatic heterocycles. The first-order valence-corrected chi connectivity index (χ1v) is 8.11. The summed E-state index contributed by atoms with van der Waals surface area (Å²) in [4.78, 5) is 14.0. The smallest absolute Gasteiger partial charge is 0.320 e. The molecular weight excluding hydrogens is 262 g/mol. The maximum absolute atomic E-state index is 11.7. The van der Waals surface area contributed by atoms with Gasteiger partial charge >= 0.3 is 5.97 Å². The standard InChI is InChI=1S/C18H25NO2/c1-12-6-5-7-13(2)15(12)11-19-16-9-4-3-8-14(16)10-17(19)18(20)21/h5-7,14,16-17H,3-4,8-11H2,1-2H3,(H,20,21). The van der Waals surface area contributed by atoms with Crippen LogP contribution in [-0.2, 0) is 11.3 Å². The van der Waals surface area contributed by atoms with Crippen LogP contribution in [0.25, 0.3) is 0 Å². The predicted molar refractivity (Wildman–Crippen MR) is 83.2 cm³/mol. The van der Waals surface area contributed by atoms with E-state index in [1.54, 1.807) is 0 Å². The molecule has 0 radical (unpaired) electrons. The van der Waals surface area contributed by atoms with Gasteiger partial charge in [-0.1, -0.05) is 31.0 Å². The zero-order valence-corrected chi connectivity index (χ0v) is 13.0. The third kappa shape index (κ3) is 2.71. The van der Waals surface area contributed by atoms with Gasteiger partial charge in [0, 0.05) is 12.6 Å². The number of carboxylic acids is 1. The molecule has 1 N–H and O–H groups in total. The van der Waals surface area contributed by atoms with Gasteiger partial charge in [-0.2, -0.15) is 0 Å². The first-order valence-electron chi connectivity index (χ1n) is 8.11. The lowest BCUT2D eigenvalue weighted by molar-refractivity contribution is -0.142. The summed E-state index contributed by atoms with van der Waals surface area (Å²) in [5.41, 5.74) is 3.87. The Morgan fingerprint density at radius 3 is 2.57 bits per heavy atom. The van der Waals surface area contributed by atoms with Gasteiger partial charge in [0.15, 0.2) is 0 Å². The minimum Gasteiger partial charge on any atom is -0.480 e. The highest BCUT2D eigenvalue weighted by atomic mass is 16.4. The Bertz CT molecular complexity index is 520. The normalized spacial score (nSPS) is 29.3. The van der Waals surface area contributed by atoms with E-state index >= 15 is 0 Å². The first-order chi connectivity index (χ1) is 10.1. The second kappa shape index (κ2) is 5.80. The van der Waals surface area contributed by atoms with Crippen LogP contribution in [0.4, 0.5) is 0 Å². The van der Waals surface area contributed by atoms with E-state index in [0.29, 0.717) is 12.0 Å². The van der Waals surface area contributed by atoms with E-state index in [9.17, 15) is 9.90 Å². The van der Waals surface area contributed by atoms with E-state index in [2.05, 4.69) is 36.9 Å². The Morgan fingerprint density at radius 1 is 1.24 bits per heavy atom. The molecule has 0 amide bonds. The van der Waals surface area contributed by atoms with Crippen molar-refractivity contribution < 1.29 is 9.90 Å². The summed E-state index contributed by atoms with van der Waals surface area (Å²) in [6, 6.07) is 6.52. The molecule has 3 rings (SSSR count). The molecule has 21 heavy (non-hydrogen) atoms. The number of carboxylic acid groups (broad SMARTS) is 1. The van der Waals surface area contributed by atoms with Gasteiger partial charge in [-0.15, -0.1) is 0 Å². The van der Waals surface area contributed by atoms with Crippen LogP contribution in [0.3, 0.4) is 0 Å². The van der Waals surface area contributed by atoms with Crippen LogP contribution in [0.5, 0.6) is 0 Å². The number of hydrogen-bond donors (Lipinski definition) is 1. The van der Waals surface area contributed by atoms with Crippen molar-refractivity contribution in [3.8, 4) is 0 Å². The van der Waals surface area contributed by atoms with Crippen LogP contribution in [0, 0.1) is 19.8 Å². The Hall–Kier alpha value is -1.35. The number of fused-ring (bicyclic) bond motifs is 1. The highest BCUT2D eigenvalue weighted by Crippen LogP contribution is 2.41. The van der Waals surface area contributed by atoms with Gasteiger partial charge in [0.2, 0.25) is 0 Å². The fraction of sp³-hybridized carbons (Fsp3) is 0.611. The van der Waals surface area contributed by atoms with Crippen molar-refractivity contribution in [3.63, 3.8) is 0 Å². The summed E-state index contributed by atoms with van der Waals surface area (Å²) in [5, 5.41) is 9.61. The van der Waals surface area contributed by atoms with Crippen molar-refractivity contribution in [3.05, 3.63) is 34.9 Å². The highest BCUT2D eigenvalue weighted by molar-refractivity contribution is 5.74. The Labute approximate surface area is 127 Å². The van der Waals surface area contributed by atoms with E-state index in [1.807, 2.05) is 0 Å². The number of aliphatic carboxylic acids is 1. The van der Waals surface area contributed by atoms with Gasteiger partial charge in [-0.25, -0.2) is 0 Å². The summed E-state index contributed by atoms with van der Waals surface area (Å²) < 4.78 is 0. The summed E-state index contributed by atoms with van der Waals surface area (Å²) >= 11 is 0. The van der Waals surface area contributed by atoms with E-state index in [-0.39, 0.29) is 6.04 Å². The molecule has 0 spiro atoms. The van der Waals surface area contributed by atoms with Gasteiger partial charge in [-0.05, 0) is 55.7 Å². The van der Waals surface area contributed by atoms with Gasteiger partial charge in [-0.3, -0.25) is 9.69 Å². The second-order valence-corrected chi connectivity index (χ2v) is 6.74. The molecule has 0 bridgehead atoms. The SMILES string of the molecule is Cc1cccc(C)c1CN1C(C(=O)O)CC2CCCCC21. The van der Waals surface area contributed by atoms with Gasteiger partial charge in [0.25, 0.3) is 0 Å². The minimum atomic E-state index is -0.643. The maximum atomic E-state index is 11.7. The molecule has 1 saturated carbocycles. The Morgan fingerprint density at radius 2 is 1.90 bits per heavy atom. The second-order valence-electron chi connectivity index (χ2n) is 6.74. The van der Waals surface area contributed by atoms with Crippen molar-refractivity contribution in [2.45, 2.75) is 64.6 Å². The summed E-state index contributed by atoms with van der Waals surface area (Å²) in [7, 11) is 0. The summed E-state index contributed by atoms with van der Waals surface area (Å²) in [6.45, 7) is 5.05. The number of nitrogens with zero attached hydrogens (tertiary/aromatic N) is 1. The van der Waals surface area contributed by atoms with Crippen LogP contribution in [-0.4, -0.2) is 28.1 Å². The molecule has 3 unspecified atom stereocenters. The van der Waals surface area contributed by atoms with Crippen molar-refractivity contribution in [1.82, 2.24) is 4.90 Å². The number of hydrogen-bond acceptors (Lipinski definition) is 2. The zero-order chi connectivity index (χ0) is 15.0. The predicted octanol–water partition coefficient (Wildman–Crippen LogP) is 3.52. The van der Waals surface area contributed by atoms with E-state index in [1.165, 1.54) is 42.4 Å². The molecule has 1 saturated heterocycles. The summed E-state index contributed by atoms with van der Waals surface area (Å²) in [5.74, 6) is -0.0557. The zero-order valence-electron chi connectivity index (χ0n) is 13.0. The number of aryl methyl sites for hydroxylation is 2. The topological polar surface area (TPSA) is 40.5 Å². The van der Waals surface area contributed by atoms with Crippen LogP contribution in [0.2, 0.25) is 0 Å². The molecule has 1 aromatic rings. The molecule has 3 nitrogen and oxygen atoms in total. The van der Waals surface area contributed by atoms with E-state index in [0.717, 1.165) is 13.0 Å². The third-order valence-electron chi connectivity index (χ3n) is 5.49. The Kier molecular flexibility index (Phi) is 4.03. The molecule has 1 heterocycles. The quantitative estimate of drug-likeness (QED) is 0.924. The molecular formula is C18H25NO2. The largest absolute Gasteiger partial charge is 0.480 e. The summed E-state index contributed by atoms with van der Waals surface area (Å²) in [6.07, 6.45) is 5.73. The fourth-order valence-electron chi connectivity index (χ4n) is 4.30. The third-order valence-corrected chi connectivity index (χ3v) is 5.49. The molecule has 1 aromatic carbocycles. The molecule has 3 atom stereocenters. The van der Waals surface area contributed by atoms with Crippen LogP contribution in [0.1, 0.15) is 48.8 Å². The Balaban J connectivity index is 1.88. The van der Waals surface area contributed by atoms with Gasteiger partial charge < -0.3 is 5.11 Å². The maximum Gasteiger partial charge on any atom is 0.320 e. The highest BCUT2D eigenvalue weighted by Gasteiger charge is 2.45. The van der Waals surface area contributed by atoms with Crippen LogP contribution >= 0.6 is 0 Å². The lowest BCUT2D eigenvalue weighted by atomic mass is 9.84. The number of likely N-dealkylation sites (tertiary alicyclic amines) is 1. The molecule has 2 fully saturated rings. The van der Waals surface area contributed by atoms with Crippen molar-refractivity contribution in [2.24, 2.45) is 5.92 Å². The minimum absolute atomic E-state index is 0.294. The molecule has 1 aliphatic heterocycles. The molecule has 114 valence electrons. The van der Waals surface area contributed by atoms with E-state index < -0.39 is 5.97 Å². The van der Waals surface area contributed by atoms with Crippen LogP contribution < -0.4 is 0 Å². The number of carbonyl (C=O) groups is 1. The van der Waals surface area contributed by atoms with Crippen molar-refractivity contribution in [1.29, 1.82) is 0 Å². The average molecular weight is 287 g/mol. The molecule has 1 aliphatic carbocycles. The first kappa shape index (κ1) is 14.6. The van der Waals surface area contributed by atoms with Crippen LogP contribution in [0.15, 0.2) is 18.2 Å². The van der Waals surface area contributed by atoms with Crippen molar-refractivity contribution in [2.75, 3.05) is 0 Å². The van der Waals surface area contributed by atoms with Gasteiger partial charge in [0.1, 0.15) is 6.04 Å². The fourth-order valence-corrected chi connectivity index (χ4v) is 4.30. The average Bonchev–Trinajstić information content (AvgIpc) is 2.82. The van der Waals surface area contributed by atoms with Crippen molar-refractivity contribution >= 4 is 5.97 Å². The van der Waals surface area contributed by atoms with E-state index in [4.69, 9.17) is 0 Å². The number of rotatable bonds is 3.